The molecule has 0 radical (unpaired) electrons. The summed E-state index contributed by atoms with van der Waals surface area (Å²) in [5.41, 5.74) is 3.15. The van der Waals surface area contributed by atoms with Crippen LogP contribution in [0.4, 0.5) is 11.4 Å². The van der Waals surface area contributed by atoms with Gasteiger partial charge in [-0.15, -0.1) is 0 Å². The number of carbonyl (C=O) groups is 2. The van der Waals surface area contributed by atoms with E-state index in [9.17, 15) is 18.0 Å². The molecule has 0 aromatic heterocycles. The van der Waals surface area contributed by atoms with Crippen molar-refractivity contribution in [2.24, 2.45) is 0 Å². The molecule has 0 heterocycles. The Morgan fingerprint density at radius 3 is 2.19 bits per heavy atom. The van der Waals surface area contributed by atoms with Crippen molar-refractivity contribution < 1.29 is 22.7 Å². The lowest BCUT2D eigenvalue weighted by molar-refractivity contribution is 0.0600. The van der Waals surface area contributed by atoms with Crippen molar-refractivity contribution in [2.75, 3.05) is 30.0 Å². The third-order valence-corrected chi connectivity index (χ3v) is 5.39. The van der Waals surface area contributed by atoms with Gasteiger partial charge in [0.2, 0.25) is 10.0 Å². The van der Waals surface area contributed by atoms with Crippen LogP contribution in [-0.2, 0) is 14.8 Å². The lowest BCUT2D eigenvalue weighted by Gasteiger charge is -2.19. The van der Waals surface area contributed by atoms with Gasteiger partial charge < -0.3 is 10.1 Å². The van der Waals surface area contributed by atoms with Gasteiger partial charge in [-0.25, -0.2) is 13.2 Å². The van der Waals surface area contributed by atoms with E-state index in [1.165, 1.54) is 14.2 Å². The van der Waals surface area contributed by atoms with Gasteiger partial charge in [0, 0.05) is 18.3 Å². The van der Waals surface area contributed by atoms with Crippen LogP contribution in [0.5, 0.6) is 0 Å². The van der Waals surface area contributed by atoms with Crippen LogP contribution in [0.1, 0.15) is 31.8 Å². The van der Waals surface area contributed by atoms with Gasteiger partial charge in [-0.3, -0.25) is 9.10 Å². The first-order valence-corrected chi connectivity index (χ1v) is 9.94. The molecule has 1 N–H and O–H groups in total. The Balaban J connectivity index is 2.29. The number of nitrogens with zero attached hydrogens (tertiary/aromatic N) is 1. The molecule has 0 unspecified atom stereocenters. The van der Waals surface area contributed by atoms with Crippen LogP contribution < -0.4 is 9.62 Å². The van der Waals surface area contributed by atoms with E-state index in [2.05, 4.69) is 5.32 Å². The Labute approximate surface area is 159 Å². The molecule has 0 aliphatic heterocycles. The van der Waals surface area contributed by atoms with Crippen LogP contribution in [0, 0.1) is 13.8 Å². The number of hydrogen-bond acceptors (Lipinski definition) is 5. The molecule has 2 aromatic rings. The van der Waals surface area contributed by atoms with Crippen molar-refractivity contribution in [3.05, 3.63) is 58.7 Å². The van der Waals surface area contributed by atoms with E-state index in [-0.39, 0.29) is 5.91 Å². The summed E-state index contributed by atoms with van der Waals surface area (Å²) in [5, 5.41) is 2.77. The molecule has 7 nitrogen and oxygen atoms in total. The first kappa shape index (κ1) is 20.4. The lowest BCUT2D eigenvalue weighted by atomic mass is 10.1. The molecule has 2 aromatic carbocycles. The average molecular weight is 390 g/mol. The summed E-state index contributed by atoms with van der Waals surface area (Å²) in [4.78, 5) is 24.3. The van der Waals surface area contributed by atoms with Crippen molar-refractivity contribution in [3.63, 3.8) is 0 Å². The maximum Gasteiger partial charge on any atom is 0.337 e. The van der Waals surface area contributed by atoms with Crippen molar-refractivity contribution in [2.45, 2.75) is 13.8 Å². The van der Waals surface area contributed by atoms with Gasteiger partial charge in [0.05, 0.1) is 24.6 Å². The minimum atomic E-state index is -3.39. The Hall–Kier alpha value is -2.87. The first-order chi connectivity index (χ1) is 12.5. The summed E-state index contributed by atoms with van der Waals surface area (Å²) >= 11 is 0. The number of sulfonamides is 1. The van der Waals surface area contributed by atoms with E-state index in [1.54, 1.807) is 43.3 Å². The van der Waals surface area contributed by atoms with Crippen LogP contribution in [0.25, 0.3) is 0 Å². The molecule has 0 aliphatic rings. The molecule has 0 saturated carbocycles. The fourth-order valence-electron chi connectivity index (χ4n) is 2.52. The van der Waals surface area contributed by atoms with E-state index in [0.29, 0.717) is 28.1 Å². The quantitative estimate of drug-likeness (QED) is 0.793. The van der Waals surface area contributed by atoms with E-state index < -0.39 is 16.0 Å². The highest BCUT2D eigenvalue weighted by Crippen LogP contribution is 2.24. The number of ether oxygens (including phenoxy) is 1. The number of hydrogen-bond donors (Lipinski definition) is 1. The van der Waals surface area contributed by atoms with Gasteiger partial charge in [0.25, 0.3) is 5.91 Å². The Morgan fingerprint density at radius 1 is 1.00 bits per heavy atom. The van der Waals surface area contributed by atoms with Crippen molar-refractivity contribution in [3.8, 4) is 0 Å². The van der Waals surface area contributed by atoms with Crippen LogP contribution in [-0.4, -0.2) is 40.7 Å². The number of esters is 1. The molecule has 0 fully saturated rings. The molecule has 2 rings (SSSR count). The highest BCUT2D eigenvalue weighted by Gasteiger charge is 2.17. The van der Waals surface area contributed by atoms with Gasteiger partial charge in [0.15, 0.2) is 0 Å². The van der Waals surface area contributed by atoms with E-state index >= 15 is 0 Å². The zero-order valence-electron chi connectivity index (χ0n) is 15.9. The first-order valence-electron chi connectivity index (χ1n) is 8.09. The van der Waals surface area contributed by atoms with Crippen molar-refractivity contribution in [1.82, 2.24) is 0 Å². The summed E-state index contributed by atoms with van der Waals surface area (Å²) in [6.45, 7) is 3.54. The average Bonchev–Trinajstić information content (AvgIpc) is 2.61. The zero-order valence-corrected chi connectivity index (χ0v) is 16.7. The minimum absolute atomic E-state index is 0.333. The van der Waals surface area contributed by atoms with Crippen molar-refractivity contribution >= 4 is 33.3 Å². The predicted molar refractivity (Wildman–Crippen MR) is 105 cm³/mol. The molecular weight excluding hydrogens is 368 g/mol. The van der Waals surface area contributed by atoms with E-state index in [0.717, 1.165) is 16.1 Å². The van der Waals surface area contributed by atoms with Crippen LogP contribution in [0.15, 0.2) is 36.4 Å². The molecule has 8 heteroatoms. The van der Waals surface area contributed by atoms with Gasteiger partial charge in [0.1, 0.15) is 0 Å². The molecule has 0 aliphatic carbocycles. The smallest absolute Gasteiger partial charge is 0.337 e. The number of aryl methyl sites for hydroxylation is 2. The van der Waals surface area contributed by atoms with Crippen molar-refractivity contribution in [1.29, 1.82) is 0 Å². The molecule has 0 saturated heterocycles. The summed E-state index contributed by atoms with van der Waals surface area (Å²) in [6.07, 6.45) is 1.12. The highest BCUT2D eigenvalue weighted by molar-refractivity contribution is 7.92. The highest BCUT2D eigenvalue weighted by atomic mass is 32.2. The second-order valence-corrected chi connectivity index (χ2v) is 8.22. The molecule has 0 bridgehead atoms. The molecule has 0 spiro atoms. The normalized spacial score (nSPS) is 11.0. The second kappa shape index (κ2) is 7.79. The standard InChI is InChI=1S/C19H22N2O5S/c1-12-6-7-15(19(23)26-4)11-16(12)20-18(22)14-8-9-17(13(2)10-14)21(3)27(5,24)25/h6-11H,1-5H3,(H,20,22). The zero-order chi connectivity index (χ0) is 20.4. The van der Waals surface area contributed by atoms with Crippen LogP contribution in [0.3, 0.4) is 0 Å². The molecular formula is C19H22N2O5S. The predicted octanol–water partition coefficient (Wildman–Crippen LogP) is 2.74. The summed E-state index contributed by atoms with van der Waals surface area (Å²) in [7, 11) is -0.645. The van der Waals surface area contributed by atoms with Gasteiger partial charge in [-0.2, -0.15) is 0 Å². The third kappa shape index (κ3) is 4.65. The maximum absolute atomic E-state index is 12.6. The number of methoxy groups -OCH3 is 1. The number of benzene rings is 2. The number of carbonyl (C=O) groups excluding carboxylic acids is 2. The number of nitrogens with one attached hydrogen (secondary N) is 1. The van der Waals surface area contributed by atoms with Gasteiger partial charge in [-0.1, -0.05) is 6.07 Å². The molecule has 144 valence electrons. The lowest BCUT2D eigenvalue weighted by Crippen LogP contribution is -2.25. The van der Waals surface area contributed by atoms with Crippen LogP contribution >= 0.6 is 0 Å². The number of rotatable bonds is 5. The summed E-state index contributed by atoms with van der Waals surface area (Å²) in [5.74, 6) is -0.855. The molecule has 1 amide bonds. The maximum atomic E-state index is 12.6. The van der Waals surface area contributed by atoms with Gasteiger partial charge in [-0.05, 0) is 55.3 Å². The fraction of sp³-hybridized carbons (Fsp3) is 0.263. The Bertz CT molecular complexity index is 999. The number of anilines is 2. The molecule has 0 atom stereocenters. The monoisotopic (exact) mass is 390 g/mol. The Kier molecular flexibility index (Phi) is 5.90. The third-order valence-electron chi connectivity index (χ3n) is 4.20. The van der Waals surface area contributed by atoms with Crippen LogP contribution in [0.2, 0.25) is 0 Å². The molecule has 27 heavy (non-hydrogen) atoms. The van der Waals surface area contributed by atoms with E-state index in [4.69, 9.17) is 4.74 Å². The number of amides is 1. The van der Waals surface area contributed by atoms with Gasteiger partial charge >= 0.3 is 5.97 Å². The fourth-order valence-corrected chi connectivity index (χ4v) is 3.09. The SMILES string of the molecule is COC(=O)c1ccc(C)c(NC(=O)c2ccc(N(C)S(C)(=O)=O)c(C)c2)c1. The summed E-state index contributed by atoms with van der Waals surface area (Å²) < 4.78 is 29.3. The van der Waals surface area contributed by atoms with E-state index in [1.807, 2.05) is 6.92 Å². The second-order valence-electron chi connectivity index (χ2n) is 6.21. The topological polar surface area (TPSA) is 92.8 Å². The summed E-state index contributed by atoms with van der Waals surface area (Å²) in [6, 6.07) is 9.65. The minimum Gasteiger partial charge on any atom is -0.465 e. The Morgan fingerprint density at radius 2 is 1.63 bits per heavy atom. The largest absolute Gasteiger partial charge is 0.465 e.